The maximum absolute atomic E-state index is 11.4. The highest BCUT2D eigenvalue weighted by molar-refractivity contribution is 6.00. The van der Waals surface area contributed by atoms with Gasteiger partial charge in [0.15, 0.2) is 0 Å². The first-order valence-electron chi connectivity index (χ1n) is 5.48. The van der Waals surface area contributed by atoms with Crippen LogP contribution in [0.4, 0.5) is 0 Å². The Balaban J connectivity index is 1.94. The van der Waals surface area contributed by atoms with Gasteiger partial charge in [0, 0.05) is 12.6 Å². The summed E-state index contributed by atoms with van der Waals surface area (Å²) >= 11 is 0. The molecule has 2 fully saturated rings. The van der Waals surface area contributed by atoms with Crippen molar-refractivity contribution in [2.75, 3.05) is 19.6 Å². The molecule has 84 valence electrons. The third-order valence-electron chi connectivity index (χ3n) is 3.15. The molecule has 2 rings (SSSR count). The molecule has 2 N–H and O–H groups in total. The zero-order chi connectivity index (χ0) is 10.8. The van der Waals surface area contributed by atoms with Gasteiger partial charge >= 0.3 is 0 Å². The zero-order valence-corrected chi connectivity index (χ0v) is 8.95. The lowest BCUT2D eigenvalue weighted by atomic mass is 10.1. The summed E-state index contributed by atoms with van der Waals surface area (Å²) in [6, 6.07) is 0.247. The van der Waals surface area contributed by atoms with Crippen LogP contribution in [0.5, 0.6) is 0 Å². The van der Waals surface area contributed by atoms with Crippen LogP contribution in [-0.4, -0.2) is 48.4 Å². The molecule has 2 unspecified atom stereocenters. The number of piperazine rings is 1. The minimum atomic E-state index is -0.190. The Kier molecular flexibility index (Phi) is 3.02. The molecule has 0 aliphatic carbocycles. The molecule has 0 aromatic carbocycles. The van der Waals surface area contributed by atoms with Gasteiger partial charge in [-0.2, -0.15) is 0 Å². The molecule has 0 spiro atoms. The quantitative estimate of drug-likeness (QED) is 0.580. The Morgan fingerprint density at radius 3 is 2.93 bits per heavy atom. The summed E-state index contributed by atoms with van der Waals surface area (Å²) in [5, 5.41) is 5.71. The third-order valence-corrected chi connectivity index (χ3v) is 3.15. The maximum Gasteiger partial charge on any atom is 0.243 e. The highest BCUT2D eigenvalue weighted by atomic mass is 16.2. The molecule has 15 heavy (non-hydrogen) atoms. The van der Waals surface area contributed by atoms with E-state index < -0.39 is 0 Å². The van der Waals surface area contributed by atoms with E-state index in [0.717, 1.165) is 19.5 Å². The number of rotatable bonds is 2. The van der Waals surface area contributed by atoms with Gasteiger partial charge in [-0.25, -0.2) is 0 Å². The summed E-state index contributed by atoms with van der Waals surface area (Å²) in [6.45, 7) is 4.02. The van der Waals surface area contributed by atoms with Crippen LogP contribution in [0.1, 0.15) is 19.8 Å². The summed E-state index contributed by atoms with van der Waals surface area (Å²) in [5.41, 5.74) is 0. The van der Waals surface area contributed by atoms with Crippen LogP contribution in [-0.2, 0) is 9.59 Å². The minimum absolute atomic E-state index is 0.177. The Bertz CT molecular complexity index is 274. The van der Waals surface area contributed by atoms with E-state index in [1.807, 2.05) is 11.8 Å². The van der Waals surface area contributed by atoms with Crippen molar-refractivity contribution in [2.24, 2.45) is 0 Å². The van der Waals surface area contributed by atoms with Crippen molar-refractivity contribution in [1.82, 2.24) is 15.5 Å². The van der Waals surface area contributed by atoms with E-state index in [-0.39, 0.29) is 17.9 Å². The second-order valence-corrected chi connectivity index (χ2v) is 4.31. The number of carbonyl (C=O) groups is 2. The molecule has 2 heterocycles. The fourth-order valence-electron chi connectivity index (χ4n) is 2.19. The van der Waals surface area contributed by atoms with Gasteiger partial charge in [-0.3, -0.25) is 19.8 Å². The zero-order valence-electron chi connectivity index (χ0n) is 8.95. The smallest absolute Gasteiger partial charge is 0.243 e. The molecule has 0 aromatic heterocycles. The van der Waals surface area contributed by atoms with E-state index in [9.17, 15) is 9.59 Å². The van der Waals surface area contributed by atoms with Crippen LogP contribution in [0.2, 0.25) is 0 Å². The van der Waals surface area contributed by atoms with Crippen molar-refractivity contribution < 1.29 is 9.59 Å². The Morgan fingerprint density at radius 1 is 1.47 bits per heavy atom. The molecule has 0 bridgehead atoms. The van der Waals surface area contributed by atoms with Gasteiger partial charge in [0.25, 0.3) is 0 Å². The lowest BCUT2D eigenvalue weighted by Gasteiger charge is -2.33. The number of carbonyl (C=O) groups excluding carboxylic acids is 2. The van der Waals surface area contributed by atoms with E-state index in [1.165, 1.54) is 6.42 Å². The second kappa shape index (κ2) is 4.28. The second-order valence-electron chi connectivity index (χ2n) is 4.31. The number of hydrogen-bond acceptors (Lipinski definition) is 4. The van der Waals surface area contributed by atoms with Crippen LogP contribution in [0.3, 0.4) is 0 Å². The molecule has 2 atom stereocenters. The summed E-state index contributed by atoms with van der Waals surface area (Å²) < 4.78 is 0. The SMILES string of the molecule is CC1C(=O)NC(=O)CN1CC1CCCN1. The molecule has 0 aromatic rings. The van der Waals surface area contributed by atoms with E-state index >= 15 is 0 Å². The van der Waals surface area contributed by atoms with Gasteiger partial charge in [0.1, 0.15) is 0 Å². The molecular weight excluding hydrogens is 194 g/mol. The van der Waals surface area contributed by atoms with Crippen LogP contribution >= 0.6 is 0 Å². The summed E-state index contributed by atoms with van der Waals surface area (Å²) in [6.07, 6.45) is 2.33. The van der Waals surface area contributed by atoms with Crippen LogP contribution in [0.15, 0.2) is 0 Å². The standard InChI is InChI=1S/C10H17N3O2/c1-7-10(15)12-9(14)6-13(7)5-8-3-2-4-11-8/h7-8,11H,2-6H2,1H3,(H,12,14,15). The largest absolute Gasteiger partial charge is 0.313 e. The van der Waals surface area contributed by atoms with E-state index in [2.05, 4.69) is 10.6 Å². The third kappa shape index (κ3) is 2.35. The summed E-state index contributed by atoms with van der Waals surface area (Å²) in [4.78, 5) is 24.6. The first-order chi connectivity index (χ1) is 7.16. The molecule has 0 radical (unpaired) electrons. The topological polar surface area (TPSA) is 61.4 Å². The van der Waals surface area contributed by atoms with Crippen molar-refractivity contribution in [3.8, 4) is 0 Å². The molecular formula is C10H17N3O2. The molecule has 0 saturated carbocycles. The highest BCUT2D eigenvalue weighted by Crippen LogP contribution is 2.11. The van der Waals surface area contributed by atoms with Gasteiger partial charge in [0.2, 0.25) is 11.8 Å². The van der Waals surface area contributed by atoms with Crippen LogP contribution in [0, 0.1) is 0 Å². The Hall–Kier alpha value is -0.940. The first-order valence-corrected chi connectivity index (χ1v) is 5.48. The lowest BCUT2D eigenvalue weighted by Crippen LogP contribution is -2.58. The normalized spacial score (nSPS) is 33.1. The van der Waals surface area contributed by atoms with E-state index in [0.29, 0.717) is 12.6 Å². The fourth-order valence-corrected chi connectivity index (χ4v) is 2.19. The fraction of sp³-hybridized carbons (Fsp3) is 0.800. The average molecular weight is 211 g/mol. The first kappa shape index (κ1) is 10.6. The lowest BCUT2D eigenvalue weighted by molar-refractivity contribution is -0.139. The van der Waals surface area contributed by atoms with Gasteiger partial charge in [-0.05, 0) is 26.3 Å². The molecule has 5 nitrogen and oxygen atoms in total. The van der Waals surface area contributed by atoms with Crippen molar-refractivity contribution in [3.05, 3.63) is 0 Å². The van der Waals surface area contributed by atoms with Gasteiger partial charge in [-0.1, -0.05) is 0 Å². The van der Waals surface area contributed by atoms with E-state index in [1.54, 1.807) is 0 Å². The molecule has 2 saturated heterocycles. The number of nitrogens with zero attached hydrogens (tertiary/aromatic N) is 1. The number of amides is 2. The summed E-state index contributed by atoms with van der Waals surface area (Å²) in [5.74, 6) is -0.361. The van der Waals surface area contributed by atoms with Gasteiger partial charge < -0.3 is 5.32 Å². The van der Waals surface area contributed by atoms with Gasteiger partial charge in [-0.15, -0.1) is 0 Å². The molecule has 2 aliphatic heterocycles. The van der Waals surface area contributed by atoms with Crippen molar-refractivity contribution in [2.45, 2.75) is 31.8 Å². The molecule has 2 aliphatic rings. The van der Waals surface area contributed by atoms with Crippen molar-refractivity contribution in [1.29, 1.82) is 0 Å². The maximum atomic E-state index is 11.4. The van der Waals surface area contributed by atoms with Gasteiger partial charge in [0.05, 0.1) is 12.6 Å². The molecule has 2 amide bonds. The highest BCUT2D eigenvalue weighted by Gasteiger charge is 2.31. The summed E-state index contributed by atoms with van der Waals surface area (Å²) in [7, 11) is 0. The number of hydrogen-bond donors (Lipinski definition) is 2. The Morgan fingerprint density at radius 2 is 2.27 bits per heavy atom. The van der Waals surface area contributed by atoms with Crippen molar-refractivity contribution in [3.63, 3.8) is 0 Å². The van der Waals surface area contributed by atoms with Crippen molar-refractivity contribution >= 4 is 11.8 Å². The molecule has 5 heteroatoms. The predicted molar refractivity (Wildman–Crippen MR) is 55.2 cm³/mol. The monoisotopic (exact) mass is 211 g/mol. The van der Waals surface area contributed by atoms with E-state index in [4.69, 9.17) is 0 Å². The number of imide groups is 1. The van der Waals surface area contributed by atoms with Crippen LogP contribution in [0.25, 0.3) is 0 Å². The average Bonchev–Trinajstić information content (AvgIpc) is 2.66. The Labute approximate surface area is 89.2 Å². The predicted octanol–water partition coefficient (Wildman–Crippen LogP) is -0.915. The van der Waals surface area contributed by atoms with Crippen LogP contribution < -0.4 is 10.6 Å². The minimum Gasteiger partial charge on any atom is -0.313 e. The number of nitrogens with one attached hydrogen (secondary N) is 2.